The first-order valence-corrected chi connectivity index (χ1v) is 23.0. The third-order valence-corrected chi connectivity index (χ3v) is 18.2. The van der Waals surface area contributed by atoms with Crippen molar-refractivity contribution < 1.29 is 0 Å². The SMILES string of the molecule is CC1(C)c2ccccc2-c2cc3c(cc21)c1ccccc1n3-c1ccc([Si](c2ccccc2)(c2ccccc2)c2cccc(-n3c4ccccc4c4ccccc43)c2)cc1. The molecule has 0 amide bonds. The summed E-state index contributed by atoms with van der Waals surface area (Å²) in [6.45, 7) is 4.74. The van der Waals surface area contributed by atoms with E-state index in [0.29, 0.717) is 0 Å². The van der Waals surface area contributed by atoms with Gasteiger partial charge in [0.25, 0.3) is 0 Å². The second kappa shape index (κ2) is 13.2. The Morgan fingerprint density at radius 2 is 0.800 bits per heavy atom. The van der Waals surface area contributed by atoms with Crippen LogP contribution in [0, 0.1) is 0 Å². The molecule has 0 saturated heterocycles. The van der Waals surface area contributed by atoms with Gasteiger partial charge in [0.05, 0.1) is 22.1 Å². The zero-order valence-corrected chi connectivity index (χ0v) is 34.7. The molecule has 0 aliphatic heterocycles. The van der Waals surface area contributed by atoms with E-state index in [-0.39, 0.29) is 5.41 Å². The smallest absolute Gasteiger partial charge is 0.179 e. The molecular formula is C57H42N2Si. The zero-order chi connectivity index (χ0) is 40.0. The molecule has 0 unspecified atom stereocenters. The van der Waals surface area contributed by atoms with Gasteiger partial charge in [0.2, 0.25) is 0 Å². The number of hydrogen-bond donors (Lipinski definition) is 0. The van der Waals surface area contributed by atoms with Gasteiger partial charge in [0, 0.05) is 38.3 Å². The Morgan fingerprint density at radius 3 is 1.42 bits per heavy atom. The normalized spacial score (nSPS) is 13.3. The summed E-state index contributed by atoms with van der Waals surface area (Å²) in [6, 6.07) is 82.0. The molecule has 0 bridgehead atoms. The highest BCUT2D eigenvalue weighted by atomic mass is 28.3. The molecule has 0 radical (unpaired) electrons. The number of para-hydroxylation sites is 3. The second-order valence-electron chi connectivity index (χ2n) is 16.9. The fourth-order valence-electron chi connectivity index (χ4n) is 10.8. The van der Waals surface area contributed by atoms with Gasteiger partial charge < -0.3 is 9.13 Å². The van der Waals surface area contributed by atoms with E-state index in [2.05, 4.69) is 241 Å². The largest absolute Gasteiger partial charge is 0.309 e. The predicted octanol–water partition coefficient (Wildman–Crippen LogP) is 11.6. The zero-order valence-electron chi connectivity index (χ0n) is 33.7. The first-order valence-electron chi connectivity index (χ1n) is 21.0. The van der Waals surface area contributed by atoms with E-state index in [1.165, 1.54) is 98.0 Å². The highest BCUT2D eigenvalue weighted by molar-refractivity contribution is 7.19. The molecule has 12 rings (SSSR count). The fraction of sp³-hybridized carbons (Fsp3) is 0.0526. The van der Waals surface area contributed by atoms with Crippen LogP contribution in [-0.4, -0.2) is 17.2 Å². The summed E-state index contributed by atoms with van der Waals surface area (Å²) in [5.74, 6) is 0. The summed E-state index contributed by atoms with van der Waals surface area (Å²) in [4.78, 5) is 0. The molecule has 0 N–H and O–H groups in total. The van der Waals surface area contributed by atoms with Gasteiger partial charge in [-0.2, -0.15) is 0 Å². The summed E-state index contributed by atoms with van der Waals surface area (Å²) in [5.41, 5.74) is 12.7. The maximum atomic E-state index is 2.49. The van der Waals surface area contributed by atoms with Crippen LogP contribution in [0.1, 0.15) is 25.0 Å². The number of rotatable bonds is 6. The van der Waals surface area contributed by atoms with Crippen molar-refractivity contribution >= 4 is 72.4 Å². The monoisotopic (exact) mass is 782 g/mol. The standard InChI is InChI=1S/C57H42N2Si/c1-57(2)51-28-13-9-24-45(51)49-38-56-50(37-52(49)57)48-27-12-16-31-55(48)58(56)39-32-34-43(35-33-39)60(41-19-5-3-6-20-41,42-21-7-4-8-22-42)44-23-17-18-40(36-44)59-53-29-14-10-25-46(53)47-26-11-15-30-54(47)59/h3-38H,1-2H3. The maximum Gasteiger partial charge on any atom is 0.179 e. The topological polar surface area (TPSA) is 9.86 Å². The van der Waals surface area contributed by atoms with Crippen molar-refractivity contribution in [3.05, 3.63) is 230 Å². The van der Waals surface area contributed by atoms with Crippen molar-refractivity contribution in [3.8, 4) is 22.5 Å². The lowest BCUT2D eigenvalue weighted by Gasteiger charge is -2.35. The van der Waals surface area contributed by atoms with Crippen molar-refractivity contribution in [2.45, 2.75) is 19.3 Å². The van der Waals surface area contributed by atoms with Gasteiger partial charge in [-0.1, -0.05) is 178 Å². The van der Waals surface area contributed by atoms with E-state index >= 15 is 0 Å². The van der Waals surface area contributed by atoms with E-state index in [4.69, 9.17) is 0 Å². The van der Waals surface area contributed by atoms with E-state index in [9.17, 15) is 0 Å². The molecular weight excluding hydrogens is 741 g/mol. The van der Waals surface area contributed by atoms with Crippen LogP contribution < -0.4 is 20.7 Å². The van der Waals surface area contributed by atoms with Gasteiger partial charge in [-0.05, 0) is 97.6 Å². The van der Waals surface area contributed by atoms with E-state index < -0.39 is 8.07 Å². The fourth-order valence-corrected chi connectivity index (χ4v) is 15.5. The molecule has 60 heavy (non-hydrogen) atoms. The maximum absolute atomic E-state index is 2.89. The van der Waals surface area contributed by atoms with E-state index in [1.807, 2.05) is 0 Å². The van der Waals surface area contributed by atoms with Crippen molar-refractivity contribution in [2.75, 3.05) is 0 Å². The summed E-state index contributed by atoms with van der Waals surface area (Å²) in [7, 11) is -2.89. The average molecular weight is 783 g/mol. The number of aromatic nitrogens is 2. The van der Waals surface area contributed by atoms with E-state index in [1.54, 1.807) is 0 Å². The highest BCUT2D eigenvalue weighted by Crippen LogP contribution is 2.51. The van der Waals surface area contributed by atoms with Gasteiger partial charge in [-0.25, -0.2) is 0 Å². The van der Waals surface area contributed by atoms with Crippen LogP contribution in [0.3, 0.4) is 0 Å². The molecule has 11 aromatic rings. The third kappa shape index (κ3) is 4.87. The molecule has 0 saturated carbocycles. The lowest BCUT2D eigenvalue weighted by Crippen LogP contribution is -2.74. The van der Waals surface area contributed by atoms with Gasteiger partial charge >= 0.3 is 0 Å². The lowest BCUT2D eigenvalue weighted by molar-refractivity contribution is 0.661. The van der Waals surface area contributed by atoms with Crippen molar-refractivity contribution in [3.63, 3.8) is 0 Å². The van der Waals surface area contributed by atoms with Crippen LogP contribution in [0.25, 0.3) is 66.1 Å². The minimum Gasteiger partial charge on any atom is -0.309 e. The quantitative estimate of drug-likeness (QED) is 0.117. The lowest BCUT2D eigenvalue weighted by atomic mass is 9.82. The number of nitrogens with zero attached hydrogens (tertiary/aromatic N) is 2. The van der Waals surface area contributed by atoms with Gasteiger partial charge in [-0.3, -0.25) is 0 Å². The Hall–Kier alpha value is -7.20. The van der Waals surface area contributed by atoms with Crippen molar-refractivity contribution in [2.24, 2.45) is 0 Å². The Labute approximate surface area is 351 Å². The van der Waals surface area contributed by atoms with Crippen LogP contribution in [-0.2, 0) is 5.41 Å². The molecule has 9 aromatic carbocycles. The minimum absolute atomic E-state index is 0.0628. The number of benzene rings is 9. The molecule has 1 aliphatic rings. The Morgan fingerprint density at radius 1 is 0.317 bits per heavy atom. The Bertz CT molecular complexity index is 3350. The van der Waals surface area contributed by atoms with Crippen molar-refractivity contribution in [1.29, 1.82) is 0 Å². The first-order chi connectivity index (χ1) is 29.5. The van der Waals surface area contributed by atoms with Crippen LogP contribution in [0.4, 0.5) is 0 Å². The van der Waals surface area contributed by atoms with E-state index in [0.717, 1.165) is 0 Å². The average Bonchev–Trinajstić information content (AvgIpc) is 3.90. The first kappa shape index (κ1) is 34.8. The van der Waals surface area contributed by atoms with Crippen LogP contribution in [0.15, 0.2) is 218 Å². The van der Waals surface area contributed by atoms with Crippen LogP contribution in [0.2, 0.25) is 0 Å². The molecule has 1 aliphatic carbocycles. The third-order valence-electron chi connectivity index (χ3n) is 13.5. The summed E-state index contributed by atoms with van der Waals surface area (Å²) < 4.78 is 4.94. The molecule has 2 aromatic heterocycles. The highest BCUT2D eigenvalue weighted by Gasteiger charge is 2.42. The predicted molar refractivity (Wildman–Crippen MR) is 256 cm³/mol. The van der Waals surface area contributed by atoms with Crippen LogP contribution >= 0.6 is 0 Å². The van der Waals surface area contributed by atoms with Crippen molar-refractivity contribution in [1.82, 2.24) is 9.13 Å². The van der Waals surface area contributed by atoms with Gasteiger partial charge in [0.15, 0.2) is 8.07 Å². The van der Waals surface area contributed by atoms with Gasteiger partial charge in [0.1, 0.15) is 0 Å². The number of fused-ring (bicyclic) bond motifs is 9. The number of hydrogen-bond acceptors (Lipinski definition) is 0. The molecule has 284 valence electrons. The summed E-state index contributed by atoms with van der Waals surface area (Å²) >= 11 is 0. The second-order valence-corrected chi connectivity index (χ2v) is 20.7. The molecule has 2 heterocycles. The molecule has 0 atom stereocenters. The molecule has 2 nitrogen and oxygen atoms in total. The molecule has 3 heteroatoms. The minimum atomic E-state index is -2.89. The Kier molecular flexibility index (Phi) is 7.63. The summed E-state index contributed by atoms with van der Waals surface area (Å²) in [5, 5.41) is 10.5. The molecule has 0 fully saturated rings. The Balaban J connectivity index is 1.09. The van der Waals surface area contributed by atoms with Gasteiger partial charge in [-0.15, -0.1) is 0 Å². The van der Waals surface area contributed by atoms with Crippen LogP contribution in [0.5, 0.6) is 0 Å². The molecule has 0 spiro atoms. The summed E-state index contributed by atoms with van der Waals surface area (Å²) in [6.07, 6.45) is 0.